The van der Waals surface area contributed by atoms with Gasteiger partial charge in [-0.3, -0.25) is 4.79 Å². The van der Waals surface area contributed by atoms with Crippen molar-refractivity contribution in [3.8, 4) is 0 Å². The summed E-state index contributed by atoms with van der Waals surface area (Å²) >= 11 is 0. The second-order valence-electron chi connectivity index (χ2n) is 7.85. The molecule has 1 aromatic carbocycles. The van der Waals surface area contributed by atoms with E-state index in [0.717, 1.165) is 24.5 Å². The van der Waals surface area contributed by atoms with E-state index < -0.39 is 5.97 Å². The van der Waals surface area contributed by atoms with E-state index in [-0.39, 0.29) is 18.3 Å². The van der Waals surface area contributed by atoms with Crippen molar-refractivity contribution in [1.29, 1.82) is 0 Å². The van der Waals surface area contributed by atoms with Gasteiger partial charge >= 0.3 is 5.97 Å². The predicted molar refractivity (Wildman–Crippen MR) is 115 cm³/mol. The summed E-state index contributed by atoms with van der Waals surface area (Å²) in [7, 11) is 0. The van der Waals surface area contributed by atoms with Crippen LogP contribution in [0.2, 0.25) is 0 Å². The second-order valence-corrected chi connectivity index (χ2v) is 7.85. The number of aryl methyl sites for hydroxylation is 3. The first-order valence-corrected chi connectivity index (χ1v) is 10.3. The van der Waals surface area contributed by atoms with Gasteiger partial charge in [0.15, 0.2) is 6.61 Å². The van der Waals surface area contributed by atoms with Crippen molar-refractivity contribution in [2.45, 2.75) is 27.7 Å². The van der Waals surface area contributed by atoms with Crippen LogP contribution >= 0.6 is 0 Å². The number of hydrogen-bond acceptors (Lipinski definition) is 7. The molecule has 0 radical (unpaired) electrons. The molecule has 0 saturated carbocycles. The zero-order valence-corrected chi connectivity index (χ0v) is 18.3. The van der Waals surface area contributed by atoms with E-state index in [1.54, 1.807) is 4.90 Å². The number of piperazine rings is 1. The second kappa shape index (κ2) is 8.33. The first-order valence-electron chi connectivity index (χ1n) is 10.3. The third-order valence-electron chi connectivity index (χ3n) is 5.68. The Bertz CT molecular complexity index is 1150. The van der Waals surface area contributed by atoms with Gasteiger partial charge in [0.2, 0.25) is 0 Å². The number of amides is 1. The molecule has 1 saturated heterocycles. The summed E-state index contributed by atoms with van der Waals surface area (Å²) in [4.78, 5) is 37.3. The molecule has 31 heavy (non-hydrogen) atoms. The summed E-state index contributed by atoms with van der Waals surface area (Å²) in [6, 6.07) is 8.11. The number of fused-ring (bicyclic) bond motifs is 1. The minimum absolute atomic E-state index is 0.103. The molecular formula is C22H26N6O3. The maximum Gasteiger partial charge on any atom is 0.378 e. The number of aromatic nitrogens is 4. The molecule has 1 aliphatic rings. The summed E-state index contributed by atoms with van der Waals surface area (Å²) in [6.45, 7) is 10.2. The first-order chi connectivity index (χ1) is 14.8. The summed E-state index contributed by atoms with van der Waals surface area (Å²) in [5.74, 6) is -0.722. The highest BCUT2D eigenvalue weighted by Gasteiger charge is 2.24. The summed E-state index contributed by atoms with van der Waals surface area (Å²) in [6.07, 6.45) is 0. The van der Waals surface area contributed by atoms with E-state index in [0.29, 0.717) is 18.9 Å². The van der Waals surface area contributed by atoms with Crippen LogP contribution in [-0.2, 0) is 9.53 Å². The molecule has 0 unspecified atom stereocenters. The molecule has 3 aromatic rings. The minimum atomic E-state index is -0.732. The number of esters is 1. The third kappa shape index (κ3) is 4.21. The number of carbonyl (C=O) groups is 2. The average Bonchev–Trinajstić information content (AvgIpc) is 3.18. The van der Waals surface area contributed by atoms with Gasteiger partial charge in [-0.15, -0.1) is 5.10 Å². The van der Waals surface area contributed by atoms with Crippen LogP contribution in [0.3, 0.4) is 0 Å². The van der Waals surface area contributed by atoms with Crippen molar-refractivity contribution >= 4 is 23.3 Å². The normalized spacial score (nSPS) is 14.2. The number of rotatable bonds is 4. The van der Waals surface area contributed by atoms with Gasteiger partial charge in [0.05, 0.1) is 0 Å². The van der Waals surface area contributed by atoms with Crippen LogP contribution in [0.15, 0.2) is 24.3 Å². The zero-order chi connectivity index (χ0) is 22.1. The fraction of sp³-hybridized carbons (Fsp3) is 0.409. The minimum Gasteiger partial charge on any atom is -0.450 e. The topological polar surface area (TPSA) is 92.9 Å². The predicted octanol–water partition coefficient (Wildman–Crippen LogP) is 1.86. The van der Waals surface area contributed by atoms with E-state index in [1.807, 2.05) is 19.9 Å². The molecule has 2 aromatic heterocycles. The Balaban J connectivity index is 1.33. The lowest BCUT2D eigenvalue weighted by atomic mass is 10.1. The largest absolute Gasteiger partial charge is 0.450 e. The molecule has 0 atom stereocenters. The smallest absolute Gasteiger partial charge is 0.378 e. The van der Waals surface area contributed by atoms with Crippen molar-refractivity contribution < 1.29 is 14.3 Å². The average molecular weight is 422 g/mol. The monoisotopic (exact) mass is 422 g/mol. The Morgan fingerprint density at radius 2 is 1.77 bits per heavy atom. The molecule has 0 aliphatic carbocycles. The zero-order valence-electron chi connectivity index (χ0n) is 18.3. The molecule has 1 fully saturated rings. The lowest BCUT2D eigenvalue weighted by Gasteiger charge is -2.37. The quantitative estimate of drug-likeness (QED) is 0.593. The molecule has 0 N–H and O–H groups in total. The van der Waals surface area contributed by atoms with E-state index in [9.17, 15) is 9.59 Å². The van der Waals surface area contributed by atoms with Crippen molar-refractivity contribution in [3.05, 3.63) is 52.6 Å². The molecule has 1 amide bonds. The van der Waals surface area contributed by atoms with E-state index in [4.69, 9.17) is 4.74 Å². The number of anilines is 1. The van der Waals surface area contributed by atoms with Crippen molar-refractivity contribution in [2.75, 3.05) is 37.7 Å². The molecule has 0 spiro atoms. The third-order valence-corrected chi connectivity index (χ3v) is 5.68. The molecule has 0 bridgehead atoms. The molecule has 9 heteroatoms. The Morgan fingerprint density at radius 3 is 2.52 bits per heavy atom. The number of benzene rings is 1. The van der Waals surface area contributed by atoms with Crippen LogP contribution < -0.4 is 4.90 Å². The number of nitrogens with zero attached hydrogens (tertiary/aromatic N) is 6. The molecule has 162 valence electrons. The number of ether oxygens (including phenoxy) is 1. The van der Waals surface area contributed by atoms with Crippen LogP contribution in [0.5, 0.6) is 0 Å². The highest BCUT2D eigenvalue weighted by molar-refractivity contribution is 5.88. The van der Waals surface area contributed by atoms with Crippen molar-refractivity contribution in [2.24, 2.45) is 0 Å². The van der Waals surface area contributed by atoms with Crippen LogP contribution in [0.25, 0.3) is 5.78 Å². The number of carbonyl (C=O) groups excluding carboxylic acids is 2. The van der Waals surface area contributed by atoms with Crippen molar-refractivity contribution in [1.82, 2.24) is 24.5 Å². The standard InChI is InChI=1S/C22H26N6O3/c1-14-6-5-7-18(17(14)4)26-8-10-27(11-9-26)19(29)13-31-21(30)20-24-22-23-15(2)12-16(3)28(22)25-20/h5-7,12H,8-11,13H2,1-4H3. The Morgan fingerprint density at radius 1 is 1.03 bits per heavy atom. The number of hydrogen-bond donors (Lipinski definition) is 0. The van der Waals surface area contributed by atoms with Gasteiger partial charge < -0.3 is 14.5 Å². The van der Waals surface area contributed by atoms with Gasteiger partial charge in [-0.1, -0.05) is 12.1 Å². The maximum absolute atomic E-state index is 12.5. The Kier molecular flexibility index (Phi) is 5.58. The Labute approximate surface area is 180 Å². The Hall–Kier alpha value is -3.49. The van der Waals surface area contributed by atoms with E-state index in [1.165, 1.54) is 21.3 Å². The molecule has 1 aliphatic heterocycles. The molecule has 9 nitrogen and oxygen atoms in total. The van der Waals surface area contributed by atoms with Crippen LogP contribution in [0, 0.1) is 27.7 Å². The van der Waals surface area contributed by atoms with Gasteiger partial charge in [0.1, 0.15) is 0 Å². The highest BCUT2D eigenvalue weighted by Crippen LogP contribution is 2.23. The fourth-order valence-corrected chi connectivity index (χ4v) is 3.81. The van der Waals surface area contributed by atoms with Gasteiger partial charge in [0, 0.05) is 43.3 Å². The maximum atomic E-state index is 12.5. The molecule has 3 heterocycles. The van der Waals surface area contributed by atoms with E-state index in [2.05, 4.69) is 52.0 Å². The summed E-state index contributed by atoms with van der Waals surface area (Å²) in [5.41, 5.74) is 5.31. The van der Waals surface area contributed by atoms with E-state index >= 15 is 0 Å². The fourth-order valence-electron chi connectivity index (χ4n) is 3.81. The van der Waals surface area contributed by atoms with Gasteiger partial charge in [0.25, 0.3) is 17.5 Å². The lowest BCUT2D eigenvalue weighted by molar-refractivity contribution is -0.134. The summed E-state index contributed by atoms with van der Waals surface area (Å²) < 4.78 is 6.66. The van der Waals surface area contributed by atoms with Gasteiger partial charge in [-0.2, -0.15) is 4.98 Å². The van der Waals surface area contributed by atoms with Crippen LogP contribution in [0.1, 0.15) is 33.1 Å². The lowest BCUT2D eigenvalue weighted by Crippen LogP contribution is -2.50. The van der Waals surface area contributed by atoms with Crippen LogP contribution in [-0.4, -0.2) is 69.1 Å². The van der Waals surface area contributed by atoms with Crippen molar-refractivity contribution in [3.63, 3.8) is 0 Å². The highest BCUT2D eigenvalue weighted by atomic mass is 16.5. The van der Waals surface area contributed by atoms with Gasteiger partial charge in [-0.05, 0) is 51.0 Å². The molecular weight excluding hydrogens is 396 g/mol. The first kappa shape index (κ1) is 20.8. The van der Waals surface area contributed by atoms with Crippen LogP contribution in [0.4, 0.5) is 5.69 Å². The molecule has 4 rings (SSSR count). The SMILES string of the molecule is Cc1cc(C)n2nc(C(=O)OCC(=O)N3CCN(c4cccc(C)c4C)CC3)nc2n1. The van der Waals surface area contributed by atoms with Gasteiger partial charge in [-0.25, -0.2) is 14.3 Å². The summed E-state index contributed by atoms with van der Waals surface area (Å²) in [5, 5.41) is 4.14.